The van der Waals surface area contributed by atoms with Gasteiger partial charge in [-0.25, -0.2) is 4.98 Å². The fraction of sp³-hybridized carbons (Fsp3) is 0.500. The van der Waals surface area contributed by atoms with Crippen molar-refractivity contribution in [3.05, 3.63) is 42.2 Å². The SMILES string of the molecule is CCCc1nccn1-c1ccncc1CNCC(C)C. The van der Waals surface area contributed by atoms with Crippen molar-refractivity contribution in [2.45, 2.75) is 40.2 Å². The fourth-order valence-corrected chi connectivity index (χ4v) is 2.25. The summed E-state index contributed by atoms with van der Waals surface area (Å²) in [6.45, 7) is 8.46. The first-order chi connectivity index (χ1) is 9.72. The molecule has 0 amide bonds. The first kappa shape index (κ1) is 14.7. The van der Waals surface area contributed by atoms with E-state index in [9.17, 15) is 0 Å². The van der Waals surface area contributed by atoms with Gasteiger partial charge in [-0.3, -0.25) is 4.98 Å². The molecule has 0 aliphatic heterocycles. The topological polar surface area (TPSA) is 42.7 Å². The monoisotopic (exact) mass is 272 g/mol. The fourth-order valence-electron chi connectivity index (χ4n) is 2.25. The second kappa shape index (κ2) is 7.20. The molecule has 1 N–H and O–H groups in total. The normalized spacial score (nSPS) is 11.2. The van der Waals surface area contributed by atoms with E-state index in [4.69, 9.17) is 0 Å². The lowest BCUT2D eigenvalue weighted by molar-refractivity contribution is 0.551. The average Bonchev–Trinajstić information content (AvgIpc) is 2.87. The van der Waals surface area contributed by atoms with Crippen LogP contribution >= 0.6 is 0 Å². The first-order valence-electron chi connectivity index (χ1n) is 7.38. The minimum absolute atomic E-state index is 0.652. The van der Waals surface area contributed by atoms with Crippen molar-refractivity contribution < 1.29 is 0 Å². The van der Waals surface area contributed by atoms with Gasteiger partial charge in [-0.2, -0.15) is 0 Å². The molecule has 2 rings (SSSR count). The average molecular weight is 272 g/mol. The molecule has 0 aliphatic carbocycles. The van der Waals surface area contributed by atoms with E-state index < -0.39 is 0 Å². The Bertz CT molecular complexity index is 531. The van der Waals surface area contributed by atoms with Gasteiger partial charge in [-0.15, -0.1) is 0 Å². The maximum Gasteiger partial charge on any atom is 0.113 e. The largest absolute Gasteiger partial charge is 0.312 e. The molecule has 20 heavy (non-hydrogen) atoms. The molecule has 4 heteroatoms. The lowest BCUT2D eigenvalue weighted by atomic mass is 10.2. The van der Waals surface area contributed by atoms with E-state index in [1.807, 2.05) is 24.8 Å². The minimum atomic E-state index is 0.652. The van der Waals surface area contributed by atoms with Gasteiger partial charge in [0.15, 0.2) is 0 Å². The van der Waals surface area contributed by atoms with Gasteiger partial charge in [0.2, 0.25) is 0 Å². The third-order valence-electron chi connectivity index (χ3n) is 3.20. The summed E-state index contributed by atoms with van der Waals surface area (Å²) in [6, 6.07) is 2.06. The highest BCUT2D eigenvalue weighted by molar-refractivity contribution is 5.40. The van der Waals surface area contributed by atoms with Crippen LogP contribution in [-0.4, -0.2) is 21.1 Å². The van der Waals surface area contributed by atoms with Gasteiger partial charge in [-0.05, 0) is 24.9 Å². The van der Waals surface area contributed by atoms with E-state index in [0.29, 0.717) is 5.92 Å². The Hall–Kier alpha value is -1.68. The van der Waals surface area contributed by atoms with Crippen molar-refractivity contribution in [1.82, 2.24) is 19.9 Å². The van der Waals surface area contributed by atoms with Crippen molar-refractivity contribution in [3.63, 3.8) is 0 Å². The van der Waals surface area contributed by atoms with E-state index in [2.05, 4.69) is 46.7 Å². The Labute approximate surface area is 121 Å². The van der Waals surface area contributed by atoms with Crippen LogP contribution in [0.25, 0.3) is 5.69 Å². The Morgan fingerprint density at radius 1 is 1.30 bits per heavy atom. The summed E-state index contributed by atoms with van der Waals surface area (Å²) >= 11 is 0. The molecule has 108 valence electrons. The number of nitrogens with one attached hydrogen (secondary N) is 1. The molecule has 0 radical (unpaired) electrons. The lowest BCUT2D eigenvalue weighted by Crippen LogP contribution is -2.20. The summed E-state index contributed by atoms with van der Waals surface area (Å²) in [4.78, 5) is 8.71. The van der Waals surface area contributed by atoms with Gasteiger partial charge in [0.25, 0.3) is 0 Å². The van der Waals surface area contributed by atoms with Crippen LogP contribution in [0.5, 0.6) is 0 Å². The Kier molecular flexibility index (Phi) is 5.30. The highest BCUT2D eigenvalue weighted by atomic mass is 15.1. The number of nitrogens with zero attached hydrogens (tertiary/aromatic N) is 3. The highest BCUT2D eigenvalue weighted by Gasteiger charge is 2.08. The smallest absolute Gasteiger partial charge is 0.113 e. The Morgan fingerprint density at radius 2 is 2.15 bits per heavy atom. The third kappa shape index (κ3) is 3.67. The van der Waals surface area contributed by atoms with Gasteiger partial charge >= 0.3 is 0 Å². The van der Waals surface area contributed by atoms with E-state index in [0.717, 1.165) is 31.8 Å². The van der Waals surface area contributed by atoms with Gasteiger partial charge in [0, 0.05) is 43.3 Å². The molecular weight excluding hydrogens is 248 g/mol. The summed E-state index contributed by atoms with van der Waals surface area (Å²) in [5.74, 6) is 1.77. The third-order valence-corrected chi connectivity index (χ3v) is 3.20. The van der Waals surface area contributed by atoms with Crippen LogP contribution in [0.1, 0.15) is 38.6 Å². The number of hydrogen-bond donors (Lipinski definition) is 1. The van der Waals surface area contributed by atoms with Crippen LogP contribution in [0.4, 0.5) is 0 Å². The molecule has 0 saturated carbocycles. The molecule has 0 atom stereocenters. The van der Waals surface area contributed by atoms with Crippen LogP contribution in [0.3, 0.4) is 0 Å². The zero-order valence-electron chi connectivity index (χ0n) is 12.6. The maximum atomic E-state index is 4.45. The van der Waals surface area contributed by atoms with Crippen LogP contribution in [-0.2, 0) is 13.0 Å². The molecule has 0 spiro atoms. The molecule has 4 nitrogen and oxygen atoms in total. The quantitative estimate of drug-likeness (QED) is 0.842. The van der Waals surface area contributed by atoms with E-state index in [1.54, 1.807) is 0 Å². The highest BCUT2D eigenvalue weighted by Crippen LogP contribution is 2.16. The van der Waals surface area contributed by atoms with Crippen LogP contribution in [0.2, 0.25) is 0 Å². The number of pyridine rings is 1. The molecule has 0 bridgehead atoms. The molecule has 2 aromatic heterocycles. The zero-order valence-corrected chi connectivity index (χ0v) is 12.6. The Morgan fingerprint density at radius 3 is 2.90 bits per heavy atom. The molecule has 2 aromatic rings. The second-order valence-corrected chi connectivity index (χ2v) is 5.49. The van der Waals surface area contributed by atoms with Crippen LogP contribution in [0, 0.1) is 5.92 Å². The number of aromatic nitrogens is 3. The summed E-state index contributed by atoms with van der Waals surface area (Å²) in [6.07, 6.45) is 9.79. The van der Waals surface area contributed by atoms with Crippen molar-refractivity contribution >= 4 is 0 Å². The molecule has 0 aliphatic rings. The number of imidazole rings is 1. The van der Waals surface area contributed by atoms with Gasteiger partial charge in [0.1, 0.15) is 5.82 Å². The summed E-state index contributed by atoms with van der Waals surface area (Å²) in [5.41, 5.74) is 2.39. The number of aryl methyl sites for hydroxylation is 1. The molecule has 2 heterocycles. The maximum absolute atomic E-state index is 4.45. The number of hydrogen-bond acceptors (Lipinski definition) is 3. The van der Waals surface area contributed by atoms with E-state index in [-0.39, 0.29) is 0 Å². The molecule has 0 aromatic carbocycles. The van der Waals surface area contributed by atoms with Crippen molar-refractivity contribution in [3.8, 4) is 5.69 Å². The van der Waals surface area contributed by atoms with Crippen LogP contribution < -0.4 is 5.32 Å². The predicted octanol–water partition coefficient (Wildman–Crippen LogP) is 2.97. The predicted molar refractivity (Wildman–Crippen MR) is 81.9 cm³/mol. The molecule has 0 saturated heterocycles. The summed E-state index contributed by atoms with van der Waals surface area (Å²) < 4.78 is 2.18. The summed E-state index contributed by atoms with van der Waals surface area (Å²) in [5, 5.41) is 3.48. The van der Waals surface area contributed by atoms with Crippen molar-refractivity contribution in [2.75, 3.05) is 6.54 Å². The molecular formula is C16H24N4. The molecule has 0 unspecified atom stereocenters. The van der Waals surface area contributed by atoms with E-state index >= 15 is 0 Å². The van der Waals surface area contributed by atoms with Gasteiger partial charge < -0.3 is 9.88 Å². The molecule has 0 fully saturated rings. The number of rotatable bonds is 7. The van der Waals surface area contributed by atoms with Crippen molar-refractivity contribution in [2.24, 2.45) is 5.92 Å². The van der Waals surface area contributed by atoms with E-state index in [1.165, 1.54) is 11.3 Å². The second-order valence-electron chi connectivity index (χ2n) is 5.49. The Balaban J connectivity index is 2.20. The van der Waals surface area contributed by atoms with Crippen molar-refractivity contribution in [1.29, 1.82) is 0 Å². The minimum Gasteiger partial charge on any atom is -0.312 e. The van der Waals surface area contributed by atoms with Crippen LogP contribution in [0.15, 0.2) is 30.9 Å². The summed E-state index contributed by atoms with van der Waals surface area (Å²) in [7, 11) is 0. The lowest BCUT2D eigenvalue weighted by Gasteiger charge is -2.14. The van der Waals surface area contributed by atoms with Gasteiger partial charge in [0.05, 0.1) is 5.69 Å². The zero-order chi connectivity index (χ0) is 14.4. The first-order valence-corrected chi connectivity index (χ1v) is 7.38. The standard InChI is InChI=1S/C16H24N4/c1-4-5-16-19-8-9-20(16)15-6-7-17-11-14(15)12-18-10-13(2)3/h6-9,11,13,18H,4-5,10,12H2,1-3H3. The van der Waals surface area contributed by atoms with Gasteiger partial charge in [-0.1, -0.05) is 20.8 Å².